The van der Waals surface area contributed by atoms with Crippen LogP contribution in [0, 0.1) is 12.1 Å². The van der Waals surface area contributed by atoms with Crippen LogP contribution in [-0.4, -0.2) is 0 Å². The minimum Gasteiger partial charge on any atom is -0.0984 e. The van der Waals surface area contributed by atoms with Crippen molar-refractivity contribution in [2.45, 2.75) is 13.3 Å². The molecule has 0 N–H and O–H groups in total. The Bertz CT molecular complexity index is 328. The van der Waals surface area contributed by atoms with Gasteiger partial charge in [-0.15, -0.1) is 0 Å². The fourth-order valence-electron chi connectivity index (χ4n) is 1.08. The number of allylic oxidation sites excluding steroid dienone is 5. The molecule has 0 heteroatoms. The number of hydrogen-bond acceptors (Lipinski definition) is 0. The van der Waals surface area contributed by atoms with Gasteiger partial charge in [-0.25, -0.2) is 0 Å². The maximum Gasteiger partial charge on any atom is -0.00266 e. The summed E-state index contributed by atoms with van der Waals surface area (Å²) in [4.78, 5) is 0. The predicted molar refractivity (Wildman–Crippen MR) is 61.7 cm³/mol. The summed E-state index contributed by atoms with van der Waals surface area (Å²) in [6.45, 7) is 5.88. The summed E-state index contributed by atoms with van der Waals surface area (Å²) in [6.07, 6.45) is 9.03. The average Bonchev–Trinajstić information content (AvgIpc) is 2.26. The van der Waals surface area contributed by atoms with Crippen molar-refractivity contribution in [1.82, 2.24) is 0 Å². The highest BCUT2D eigenvalue weighted by atomic mass is 14.0. The first-order valence-electron chi connectivity index (χ1n) is 4.76. The molecule has 0 aliphatic heterocycles. The second-order valence-corrected chi connectivity index (χ2v) is 2.85. The van der Waals surface area contributed by atoms with Crippen molar-refractivity contribution in [3.63, 3.8) is 0 Å². The summed E-state index contributed by atoms with van der Waals surface area (Å²) < 4.78 is 0. The maximum atomic E-state index is 3.77. The van der Waals surface area contributed by atoms with Gasteiger partial charge in [0.2, 0.25) is 0 Å². The molecule has 0 amide bonds. The molecule has 0 heterocycles. The third kappa shape index (κ3) is 3.06. The first kappa shape index (κ1) is 10.5. The Labute approximate surface area is 86.3 Å². The molecule has 0 bridgehead atoms. The van der Waals surface area contributed by atoms with Crippen molar-refractivity contribution in [1.29, 1.82) is 0 Å². The fourth-order valence-corrected chi connectivity index (χ4v) is 1.08. The highest BCUT2D eigenvalue weighted by Crippen LogP contribution is 2.13. The molecule has 0 spiro atoms. The van der Waals surface area contributed by atoms with Crippen molar-refractivity contribution >= 4 is 5.57 Å². The van der Waals surface area contributed by atoms with Crippen LogP contribution in [0.3, 0.4) is 0 Å². The summed E-state index contributed by atoms with van der Waals surface area (Å²) in [5, 5.41) is 0. The van der Waals surface area contributed by atoms with Gasteiger partial charge in [-0.1, -0.05) is 56.0 Å². The normalized spacial score (nSPS) is 11.9. The van der Waals surface area contributed by atoms with Crippen molar-refractivity contribution in [3.8, 4) is 0 Å². The van der Waals surface area contributed by atoms with Crippen molar-refractivity contribution in [2.24, 2.45) is 0 Å². The Kier molecular flexibility index (Phi) is 4.49. The van der Waals surface area contributed by atoms with Crippen molar-refractivity contribution in [3.05, 3.63) is 66.8 Å². The third-order valence-corrected chi connectivity index (χ3v) is 1.80. The van der Waals surface area contributed by atoms with Gasteiger partial charge in [0.25, 0.3) is 0 Å². The first-order valence-corrected chi connectivity index (χ1v) is 4.76. The van der Waals surface area contributed by atoms with Gasteiger partial charge in [-0.2, -0.15) is 0 Å². The second-order valence-electron chi connectivity index (χ2n) is 2.85. The predicted octanol–water partition coefficient (Wildman–Crippen LogP) is 3.82. The van der Waals surface area contributed by atoms with E-state index in [1.165, 1.54) is 0 Å². The van der Waals surface area contributed by atoms with Crippen LogP contribution < -0.4 is 0 Å². The highest BCUT2D eigenvalue weighted by Gasteiger charge is 1.93. The minimum absolute atomic E-state index is 0.961. The van der Waals surface area contributed by atoms with E-state index in [0.29, 0.717) is 0 Å². The van der Waals surface area contributed by atoms with Crippen LogP contribution in [0.1, 0.15) is 18.9 Å². The molecule has 0 nitrogen and oxygen atoms in total. The SMILES string of the molecule is C=C/C(=C/C=C/CC)c1[c]ccc[c]1. The quantitative estimate of drug-likeness (QED) is 0.621. The molecule has 70 valence electrons. The van der Waals surface area contributed by atoms with Crippen LogP contribution in [0.5, 0.6) is 0 Å². The van der Waals surface area contributed by atoms with Gasteiger partial charge >= 0.3 is 0 Å². The maximum absolute atomic E-state index is 3.77. The van der Waals surface area contributed by atoms with Crippen molar-refractivity contribution in [2.75, 3.05) is 0 Å². The van der Waals surface area contributed by atoms with Crippen molar-refractivity contribution < 1.29 is 0 Å². The van der Waals surface area contributed by atoms with Gasteiger partial charge in [0, 0.05) is 0 Å². The molecular formula is C14H14. The van der Waals surface area contributed by atoms with E-state index in [9.17, 15) is 0 Å². The van der Waals surface area contributed by atoms with E-state index in [1.807, 2.05) is 36.4 Å². The van der Waals surface area contributed by atoms with E-state index in [2.05, 4.69) is 31.7 Å². The molecule has 0 saturated carbocycles. The first-order chi connectivity index (χ1) is 6.88. The Morgan fingerprint density at radius 1 is 1.43 bits per heavy atom. The molecule has 2 radical (unpaired) electrons. The van der Waals surface area contributed by atoms with E-state index >= 15 is 0 Å². The van der Waals surface area contributed by atoms with Crippen LogP contribution in [0.25, 0.3) is 5.57 Å². The average molecular weight is 182 g/mol. The van der Waals surface area contributed by atoms with E-state index in [-0.39, 0.29) is 0 Å². The molecule has 0 unspecified atom stereocenters. The van der Waals surface area contributed by atoms with E-state index < -0.39 is 0 Å². The van der Waals surface area contributed by atoms with E-state index in [4.69, 9.17) is 0 Å². The Morgan fingerprint density at radius 2 is 2.14 bits per heavy atom. The second kappa shape index (κ2) is 5.98. The molecule has 1 aromatic carbocycles. The number of benzene rings is 1. The Morgan fingerprint density at radius 3 is 2.71 bits per heavy atom. The van der Waals surface area contributed by atoms with E-state index in [0.717, 1.165) is 17.6 Å². The smallest absolute Gasteiger partial charge is 0.00266 e. The highest BCUT2D eigenvalue weighted by molar-refractivity contribution is 5.73. The molecule has 0 aliphatic rings. The van der Waals surface area contributed by atoms with Gasteiger partial charge < -0.3 is 0 Å². The fraction of sp³-hybridized carbons (Fsp3) is 0.143. The Hall–Kier alpha value is -1.56. The molecule has 1 aromatic rings. The summed E-state index contributed by atoms with van der Waals surface area (Å²) in [7, 11) is 0. The summed E-state index contributed by atoms with van der Waals surface area (Å²) in [5.41, 5.74) is 2.01. The molecule has 0 atom stereocenters. The number of hydrogen-bond donors (Lipinski definition) is 0. The van der Waals surface area contributed by atoms with Gasteiger partial charge in [-0.05, 0) is 29.7 Å². The summed E-state index contributed by atoms with van der Waals surface area (Å²) in [5.74, 6) is 0. The molecule has 0 saturated heterocycles. The lowest BCUT2D eigenvalue weighted by Gasteiger charge is -1.98. The van der Waals surface area contributed by atoms with Crippen LogP contribution in [0.2, 0.25) is 0 Å². The lowest BCUT2D eigenvalue weighted by atomic mass is 10.1. The lowest BCUT2D eigenvalue weighted by Crippen LogP contribution is -1.79. The monoisotopic (exact) mass is 182 g/mol. The van der Waals surface area contributed by atoms with Crippen LogP contribution in [-0.2, 0) is 0 Å². The summed E-state index contributed by atoms with van der Waals surface area (Å²) >= 11 is 0. The zero-order valence-electron chi connectivity index (χ0n) is 8.46. The van der Waals surface area contributed by atoms with Crippen LogP contribution in [0.15, 0.2) is 49.1 Å². The molecule has 14 heavy (non-hydrogen) atoms. The van der Waals surface area contributed by atoms with Gasteiger partial charge in [-0.3, -0.25) is 0 Å². The van der Waals surface area contributed by atoms with Gasteiger partial charge in [0.1, 0.15) is 0 Å². The zero-order valence-corrected chi connectivity index (χ0v) is 8.46. The minimum atomic E-state index is 0.961. The van der Waals surface area contributed by atoms with Crippen LogP contribution in [0.4, 0.5) is 0 Å². The molecule has 0 aromatic heterocycles. The number of rotatable bonds is 4. The lowest BCUT2D eigenvalue weighted by molar-refractivity contribution is 1.22. The van der Waals surface area contributed by atoms with Crippen LogP contribution >= 0.6 is 0 Å². The third-order valence-electron chi connectivity index (χ3n) is 1.80. The molecular weight excluding hydrogens is 168 g/mol. The molecule has 1 rings (SSSR count). The van der Waals surface area contributed by atoms with Gasteiger partial charge in [0.05, 0.1) is 0 Å². The summed E-state index contributed by atoms with van der Waals surface area (Å²) in [6, 6.07) is 11.9. The largest absolute Gasteiger partial charge is 0.0984 e. The standard InChI is InChI=1S/C14H14/c1-3-5-7-10-13(4-2)14-11-8-6-9-12-14/h4-10H,2-3H2,1H3/b7-5+,13-10-. The zero-order chi connectivity index (χ0) is 10.2. The molecule has 0 aliphatic carbocycles. The Balaban J connectivity index is 2.87. The van der Waals surface area contributed by atoms with Gasteiger partial charge in [0.15, 0.2) is 0 Å². The molecule has 0 fully saturated rings. The topological polar surface area (TPSA) is 0 Å². The van der Waals surface area contributed by atoms with E-state index in [1.54, 1.807) is 0 Å².